The van der Waals surface area contributed by atoms with E-state index in [0.717, 1.165) is 32.2 Å². The highest BCUT2D eigenvalue weighted by atomic mass is 16.2. The van der Waals surface area contributed by atoms with E-state index in [4.69, 9.17) is 5.73 Å². The van der Waals surface area contributed by atoms with Gasteiger partial charge in [-0.15, -0.1) is 0 Å². The average Bonchev–Trinajstić information content (AvgIpc) is 2.86. The molecule has 1 aliphatic heterocycles. The van der Waals surface area contributed by atoms with Crippen LogP contribution in [-0.2, 0) is 4.79 Å². The van der Waals surface area contributed by atoms with Gasteiger partial charge in [0.2, 0.25) is 5.91 Å². The summed E-state index contributed by atoms with van der Waals surface area (Å²) in [4.78, 5) is 14.4. The lowest BCUT2D eigenvalue weighted by Crippen LogP contribution is -2.51. The molecule has 1 saturated heterocycles. The number of nitrogens with zero attached hydrogens (tertiary/aromatic N) is 1. The second-order valence-electron chi connectivity index (χ2n) is 5.28. The smallest absolute Gasteiger partial charge is 0.226 e. The van der Waals surface area contributed by atoms with Crippen molar-refractivity contribution in [3.05, 3.63) is 0 Å². The van der Waals surface area contributed by atoms with Gasteiger partial charge in [-0.05, 0) is 32.6 Å². The summed E-state index contributed by atoms with van der Waals surface area (Å²) < 4.78 is 0. The van der Waals surface area contributed by atoms with Gasteiger partial charge < -0.3 is 10.6 Å². The molecule has 1 aliphatic carbocycles. The lowest BCUT2D eigenvalue weighted by molar-refractivity contribution is -0.138. The molecule has 1 atom stereocenters. The maximum atomic E-state index is 12.3. The van der Waals surface area contributed by atoms with E-state index < -0.39 is 0 Å². The van der Waals surface area contributed by atoms with E-state index in [0.29, 0.717) is 18.4 Å². The van der Waals surface area contributed by atoms with E-state index in [1.807, 2.05) is 0 Å². The largest absolute Gasteiger partial charge is 0.336 e. The minimum Gasteiger partial charge on any atom is -0.336 e. The quantitative estimate of drug-likeness (QED) is 0.751. The van der Waals surface area contributed by atoms with Gasteiger partial charge in [-0.2, -0.15) is 0 Å². The first-order chi connectivity index (χ1) is 7.17. The Balaban J connectivity index is 2.05. The third-order valence-corrected chi connectivity index (χ3v) is 4.16. The van der Waals surface area contributed by atoms with Crippen molar-refractivity contribution in [3.8, 4) is 0 Å². The van der Waals surface area contributed by atoms with Crippen LogP contribution < -0.4 is 5.73 Å². The van der Waals surface area contributed by atoms with Crippen molar-refractivity contribution >= 4 is 5.91 Å². The third kappa shape index (κ3) is 1.89. The summed E-state index contributed by atoms with van der Waals surface area (Å²) in [5.41, 5.74) is 5.75. The van der Waals surface area contributed by atoms with Crippen LogP contribution in [0.1, 0.15) is 45.4 Å². The van der Waals surface area contributed by atoms with Crippen LogP contribution in [0.15, 0.2) is 0 Å². The van der Waals surface area contributed by atoms with Crippen LogP contribution in [0.2, 0.25) is 0 Å². The molecule has 2 rings (SSSR count). The molecular formula is C12H22N2O. The van der Waals surface area contributed by atoms with Crippen molar-refractivity contribution < 1.29 is 4.79 Å². The standard InChI is InChI=1S/C12H22N2O/c1-12(9-13)7-4-8-14(12)11(15)10-5-2-3-6-10/h10H,2-9,13H2,1H3. The van der Waals surface area contributed by atoms with Crippen molar-refractivity contribution in [2.24, 2.45) is 11.7 Å². The number of rotatable bonds is 2. The van der Waals surface area contributed by atoms with Gasteiger partial charge >= 0.3 is 0 Å². The first kappa shape index (κ1) is 10.9. The fraction of sp³-hybridized carbons (Fsp3) is 0.917. The second-order valence-corrected chi connectivity index (χ2v) is 5.28. The monoisotopic (exact) mass is 210 g/mol. The third-order valence-electron chi connectivity index (χ3n) is 4.16. The minimum absolute atomic E-state index is 0.0559. The summed E-state index contributed by atoms with van der Waals surface area (Å²) >= 11 is 0. The van der Waals surface area contributed by atoms with Crippen LogP contribution in [0, 0.1) is 5.92 Å². The Labute approximate surface area is 92.0 Å². The molecular weight excluding hydrogens is 188 g/mol. The topological polar surface area (TPSA) is 46.3 Å². The number of amides is 1. The highest BCUT2D eigenvalue weighted by Crippen LogP contribution is 2.33. The lowest BCUT2D eigenvalue weighted by atomic mass is 9.97. The first-order valence-electron chi connectivity index (χ1n) is 6.19. The average molecular weight is 210 g/mol. The van der Waals surface area contributed by atoms with Crippen molar-refractivity contribution in [2.75, 3.05) is 13.1 Å². The predicted octanol–water partition coefficient (Wildman–Crippen LogP) is 1.52. The van der Waals surface area contributed by atoms with Gasteiger partial charge in [-0.3, -0.25) is 4.79 Å². The van der Waals surface area contributed by atoms with E-state index in [2.05, 4.69) is 11.8 Å². The molecule has 86 valence electrons. The van der Waals surface area contributed by atoms with Gasteiger partial charge in [0.1, 0.15) is 0 Å². The number of likely N-dealkylation sites (tertiary alicyclic amines) is 1. The lowest BCUT2D eigenvalue weighted by Gasteiger charge is -2.35. The van der Waals surface area contributed by atoms with E-state index in [1.54, 1.807) is 0 Å². The Morgan fingerprint density at radius 1 is 1.40 bits per heavy atom. The van der Waals surface area contributed by atoms with Gasteiger partial charge in [0, 0.05) is 19.0 Å². The van der Waals surface area contributed by atoms with Crippen LogP contribution in [-0.4, -0.2) is 29.4 Å². The molecule has 2 fully saturated rings. The van der Waals surface area contributed by atoms with E-state index in [-0.39, 0.29) is 5.54 Å². The molecule has 1 unspecified atom stereocenters. The van der Waals surface area contributed by atoms with Gasteiger partial charge in [0.05, 0.1) is 5.54 Å². The number of hydrogen-bond acceptors (Lipinski definition) is 2. The maximum Gasteiger partial charge on any atom is 0.226 e. The van der Waals surface area contributed by atoms with Crippen molar-refractivity contribution in [3.63, 3.8) is 0 Å². The molecule has 1 heterocycles. The van der Waals surface area contributed by atoms with E-state index in [1.165, 1.54) is 12.8 Å². The summed E-state index contributed by atoms with van der Waals surface area (Å²) in [6, 6.07) is 0. The maximum absolute atomic E-state index is 12.3. The normalized spacial score (nSPS) is 32.5. The first-order valence-corrected chi connectivity index (χ1v) is 6.19. The second kappa shape index (κ2) is 4.12. The molecule has 3 nitrogen and oxygen atoms in total. The highest BCUT2D eigenvalue weighted by molar-refractivity contribution is 5.80. The molecule has 0 aromatic rings. The van der Waals surface area contributed by atoms with Crippen LogP contribution in [0.3, 0.4) is 0 Å². The molecule has 0 bridgehead atoms. The zero-order valence-electron chi connectivity index (χ0n) is 9.67. The Morgan fingerprint density at radius 2 is 2.07 bits per heavy atom. The molecule has 0 radical (unpaired) electrons. The summed E-state index contributed by atoms with van der Waals surface area (Å²) in [6.45, 7) is 3.65. The summed E-state index contributed by atoms with van der Waals surface area (Å²) in [6.07, 6.45) is 6.83. The van der Waals surface area contributed by atoms with Crippen LogP contribution in [0.4, 0.5) is 0 Å². The Kier molecular flexibility index (Phi) is 3.01. The van der Waals surface area contributed by atoms with Crippen LogP contribution in [0.5, 0.6) is 0 Å². The van der Waals surface area contributed by atoms with Gasteiger partial charge in [-0.1, -0.05) is 12.8 Å². The predicted molar refractivity (Wildman–Crippen MR) is 60.4 cm³/mol. The molecule has 1 amide bonds. The molecule has 3 heteroatoms. The van der Waals surface area contributed by atoms with Gasteiger partial charge in [0.15, 0.2) is 0 Å². The molecule has 0 aromatic carbocycles. The van der Waals surface area contributed by atoms with Crippen LogP contribution in [0.25, 0.3) is 0 Å². The summed E-state index contributed by atoms with van der Waals surface area (Å²) in [5.74, 6) is 0.673. The molecule has 2 aliphatic rings. The SMILES string of the molecule is CC1(CN)CCCN1C(=O)C1CCCC1. The van der Waals surface area contributed by atoms with E-state index >= 15 is 0 Å². The number of carbonyl (C=O) groups is 1. The Hall–Kier alpha value is -0.570. The van der Waals surface area contributed by atoms with Crippen molar-refractivity contribution in [1.82, 2.24) is 4.90 Å². The van der Waals surface area contributed by atoms with Gasteiger partial charge in [-0.25, -0.2) is 0 Å². The molecule has 0 aromatic heterocycles. The zero-order valence-corrected chi connectivity index (χ0v) is 9.67. The van der Waals surface area contributed by atoms with Crippen LogP contribution >= 0.6 is 0 Å². The van der Waals surface area contributed by atoms with E-state index in [9.17, 15) is 4.79 Å². The van der Waals surface area contributed by atoms with Crippen molar-refractivity contribution in [1.29, 1.82) is 0 Å². The summed E-state index contributed by atoms with van der Waals surface area (Å²) in [5, 5.41) is 0. The fourth-order valence-electron chi connectivity index (χ4n) is 3.00. The Bertz CT molecular complexity index is 248. The number of nitrogens with two attached hydrogens (primary N) is 1. The number of hydrogen-bond donors (Lipinski definition) is 1. The number of carbonyl (C=O) groups excluding carboxylic acids is 1. The minimum atomic E-state index is -0.0559. The molecule has 1 saturated carbocycles. The molecule has 2 N–H and O–H groups in total. The fourth-order valence-corrected chi connectivity index (χ4v) is 3.00. The van der Waals surface area contributed by atoms with Crippen molar-refractivity contribution in [2.45, 2.75) is 51.0 Å². The molecule has 15 heavy (non-hydrogen) atoms. The highest BCUT2D eigenvalue weighted by Gasteiger charge is 2.41. The van der Waals surface area contributed by atoms with Gasteiger partial charge in [0.25, 0.3) is 0 Å². The zero-order chi connectivity index (χ0) is 10.9. The molecule has 0 spiro atoms. The summed E-state index contributed by atoms with van der Waals surface area (Å²) in [7, 11) is 0. The Morgan fingerprint density at radius 3 is 2.67 bits per heavy atom.